The molecule has 5 heteroatoms. The average molecular weight is 233 g/mol. The molecule has 0 aromatic heterocycles. The summed E-state index contributed by atoms with van der Waals surface area (Å²) in [6.45, 7) is 2.77. The minimum atomic E-state index is -4.35. The van der Waals surface area contributed by atoms with Crippen molar-refractivity contribution >= 4 is 0 Å². The van der Waals surface area contributed by atoms with Crippen LogP contribution in [0.25, 0.3) is 0 Å². The van der Waals surface area contributed by atoms with E-state index < -0.39 is 12.3 Å². The molecule has 2 atom stereocenters. The van der Waals surface area contributed by atoms with E-state index in [4.69, 9.17) is 10.5 Å². The van der Waals surface area contributed by atoms with E-state index in [9.17, 15) is 13.2 Å². The van der Waals surface area contributed by atoms with Crippen LogP contribution < -0.4 is 10.5 Å². The van der Waals surface area contributed by atoms with E-state index in [0.717, 1.165) is 12.5 Å². The molecule has 0 aliphatic carbocycles. The van der Waals surface area contributed by atoms with Crippen LogP contribution in [0.15, 0.2) is 24.3 Å². The van der Waals surface area contributed by atoms with Gasteiger partial charge in [0.1, 0.15) is 5.75 Å². The number of alkyl halides is 3. The SMILES string of the molecule is CC(N)c1ccc(OC(C)C(F)(F)F)cc1. The first kappa shape index (κ1) is 12.8. The van der Waals surface area contributed by atoms with E-state index in [1.807, 2.05) is 0 Å². The molecular formula is C11H14F3NO. The molecule has 0 heterocycles. The fourth-order valence-electron chi connectivity index (χ4n) is 1.12. The molecule has 0 amide bonds. The van der Waals surface area contributed by atoms with E-state index in [1.54, 1.807) is 19.1 Å². The summed E-state index contributed by atoms with van der Waals surface area (Å²) in [5, 5.41) is 0. The molecule has 0 radical (unpaired) electrons. The molecule has 90 valence electrons. The molecular weight excluding hydrogens is 219 g/mol. The number of hydrogen-bond donors (Lipinski definition) is 1. The maximum Gasteiger partial charge on any atom is 0.425 e. The predicted molar refractivity (Wildman–Crippen MR) is 55.2 cm³/mol. The molecule has 0 aliphatic heterocycles. The molecule has 0 bridgehead atoms. The standard InChI is InChI=1S/C11H14F3NO/c1-7(15)9-3-5-10(6-4-9)16-8(2)11(12,13)14/h3-8H,15H2,1-2H3. The van der Waals surface area contributed by atoms with Crippen molar-refractivity contribution in [2.45, 2.75) is 32.2 Å². The van der Waals surface area contributed by atoms with Gasteiger partial charge in [-0.25, -0.2) is 0 Å². The Kier molecular flexibility index (Phi) is 3.80. The Morgan fingerprint density at radius 1 is 1.12 bits per heavy atom. The van der Waals surface area contributed by atoms with Crippen molar-refractivity contribution in [3.8, 4) is 5.75 Å². The lowest BCUT2D eigenvalue weighted by molar-refractivity contribution is -0.189. The smallest absolute Gasteiger partial charge is 0.425 e. The van der Waals surface area contributed by atoms with Crippen LogP contribution >= 0.6 is 0 Å². The predicted octanol–water partition coefficient (Wildman–Crippen LogP) is 3.04. The van der Waals surface area contributed by atoms with E-state index in [-0.39, 0.29) is 11.8 Å². The zero-order valence-corrected chi connectivity index (χ0v) is 9.08. The Hall–Kier alpha value is -1.23. The van der Waals surface area contributed by atoms with Gasteiger partial charge in [-0.15, -0.1) is 0 Å². The van der Waals surface area contributed by atoms with Gasteiger partial charge in [-0.3, -0.25) is 0 Å². The van der Waals surface area contributed by atoms with Crippen molar-refractivity contribution in [1.82, 2.24) is 0 Å². The van der Waals surface area contributed by atoms with Gasteiger partial charge in [0.25, 0.3) is 0 Å². The first-order valence-corrected chi connectivity index (χ1v) is 4.89. The van der Waals surface area contributed by atoms with Gasteiger partial charge in [0.15, 0.2) is 6.10 Å². The van der Waals surface area contributed by atoms with Gasteiger partial charge in [0.2, 0.25) is 0 Å². The number of ether oxygens (including phenoxy) is 1. The molecule has 0 fully saturated rings. The van der Waals surface area contributed by atoms with Gasteiger partial charge < -0.3 is 10.5 Å². The Labute approximate surface area is 92.2 Å². The van der Waals surface area contributed by atoms with Crippen molar-refractivity contribution in [3.63, 3.8) is 0 Å². The summed E-state index contributed by atoms with van der Waals surface area (Å²) < 4.78 is 41.3. The van der Waals surface area contributed by atoms with Crippen LogP contribution in [0.2, 0.25) is 0 Å². The van der Waals surface area contributed by atoms with Gasteiger partial charge >= 0.3 is 6.18 Å². The summed E-state index contributed by atoms with van der Waals surface area (Å²) in [7, 11) is 0. The van der Waals surface area contributed by atoms with Crippen LogP contribution in [-0.4, -0.2) is 12.3 Å². The third-order valence-electron chi connectivity index (χ3n) is 2.18. The van der Waals surface area contributed by atoms with Gasteiger partial charge in [-0.1, -0.05) is 12.1 Å². The highest BCUT2D eigenvalue weighted by molar-refractivity contribution is 5.28. The van der Waals surface area contributed by atoms with Crippen molar-refractivity contribution in [1.29, 1.82) is 0 Å². The number of rotatable bonds is 3. The molecule has 0 aliphatic rings. The van der Waals surface area contributed by atoms with Crippen molar-refractivity contribution < 1.29 is 17.9 Å². The summed E-state index contributed by atoms with van der Waals surface area (Å²) >= 11 is 0. The zero-order chi connectivity index (χ0) is 12.3. The second kappa shape index (κ2) is 4.74. The molecule has 2 nitrogen and oxygen atoms in total. The first-order valence-electron chi connectivity index (χ1n) is 4.89. The lowest BCUT2D eigenvalue weighted by atomic mass is 10.1. The van der Waals surface area contributed by atoms with E-state index in [2.05, 4.69) is 0 Å². The van der Waals surface area contributed by atoms with Crippen molar-refractivity contribution in [3.05, 3.63) is 29.8 Å². The Morgan fingerprint density at radius 2 is 1.62 bits per heavy atom. The van der Waals surface area contributed by atoms with Gasteiger partial charge in [-0.2, -0.15) is 13.2 Å². The average Bonchev–Trinajstić information content (AvgIpc) is 2.17. The largest absolute Gasteiger partial charge is 0.481 e. The Balaban J connectivity index is 2.69. The van der Waals surface area contributed by atoms with Crippen LogP contribution in [-0.2, 0) is 0 Å². The molecule has 16 heavy (non-hydrogen) atoms. The fraction of sp³-hybridized carbons (Fsp3) is 0.455. The first-order chi connectivity index (χ1) is 7.30. The number of hydrogen-bond acceptors (Lipinski definition) is 2. The Bertz CT molecular complexity index is 332. The van der Waals surface area contributed by atoms with E-state index in [0.29, 0.717) is 0 Å². The normalized spacial score (nSPS) is 15.6. The van der Waals surface area contributed by atoms with Crippen molar-refractivity contribution in [2.24, 2.45) is 5.73 Å². The number of nitrogens with two attached hydrogens (primary N) is 1. The van der Waals surface area contributed by atoms with Crippen LogP contribution in [0.5, 0.6) is 5.75 Å². The summed E-state index contributed by atoms with van der Waals surface area (Å²) in [5.41, 5.74) is 6.47. The summed E-state index contributed by atoms with van der Waals surface area (Å²) in [6, 6.07) is 6.14. The third kappa shape index (κ3) is 3.41. The quantitative estimate of drug-likeness (QED) is 0.870. The van der Waals surface area contributed by atoms with Crippen LogP contribution in [0, 0.1) is 0 Å². The van der Waals surface area contributed by atoms with Gasteiger partial charge in [0, 0.05) is 6.04 Å². The second-order valence-electron chi connectivity index (χ2n) is 3.66. The third-order valence-corrected chi connectivity index (χ3v) is 2.18. The summed E-state index contributed by atoms with van der Waals surface area (Å²) in [6.07, 6.45) is -6.16. The van der Waals surface area contributed by atoms with Crippen LogP contribution in [0.3, 0.4) is 0 Å². The fourth-order valence-corrected chi connectivity index (χ4v) is 1.12. The molecule has 2 unspecified atom stereocenters. The second-order valence-corrected chi connectivity index (χ2v) is 3.66. The van der Waals surface area contributed by atoms with Gasteiger partial charge in [0.05, 0.1) is 0 Å². The highest BCUT2D eigenvalue weighted by atomic mass is 19.4. The molecule has 1 aromatic rings. The molecule has 0 spiro atoms. The minimum absolute atomic E-state index is 0.144. The molecule has 0 saturated carbocycles. The van der Waals surface area contributed by atoms with Crippen molar-refractivity contribution in [2.75, 3.05) is 0 Å². The van der Waals surface area contributed by atoms with Crippen LogP contribution in [0.1, 0.15) is 25.5 Å². The van der Waals surface area contributed by atoms with Gasteiger partial charge in [-0.05, 0) is 31.5 Å². The highest BCUT2D eigenvalue weighted by Crippen LogP contribution is 2.25. The Morgan fingerprint density at radius 3 is 2.00 bits per heavy atom. The highest BCUT2D eigenvalue weighted by Gasteiger charge is 2.37. The lowest BCUT2D eigenvalue weighted by Gasteiger charge is -2.18. The van der Waals surface area contributed by atoms with Crippen LogP contribution in [0.4, 0.5) is 13.2 Å². The molecule has 0 saturated heterocycles. The zero-order valence-electron chi connectivity index (χ0n) is 9.08. The number of benzene rings is 1. The topological polar surface area (TPSA) is 35.2 Å². The summed E-state index contributed by atoms with van der Waals surface area (Å²) in [5.74, 6) is 0.189. The number of halogens is 3. The van der Waals surface area contributed by atoms with E-state index >= 15 is 0 Å². The van der Waals surface area contributed by atoms with E-state index in [1.165, 1.54) is 12.1 Å². The molecule has 1 rings (SSSR count). The summed E-state index contributed by atoms with van der Waals surface area (Å²) in [4.78, 5) is 0. The maximum atomic E-state index is 12.2. The lowest BCUT2D eigenvalue weighted by Crippen LogP contribution is -2.31. The maximum absolute atomic E-state index is 12.2. The monoisotopic (exact) mass is 233 g/mol. The molecule has 1 aromatic carbocycles. The molecule has 2 N–H and O–H groups in total. The minimum Gasteiger partial charge on any atom is -0.481 e.